The van der Waals surface area contributed by atoms with Crippen LogP contribution >= 0.6 is 0 Å². The van der Waals surface area contributed by atoms with E-state index in [1.54, 1.807) is 13.1 Å². The van der Waals surface area contributed by atoms with Crippen LogP contribution in [0.15, 0.2) is 18.3 Å². The summed E-state index contributed by atoms with van der Waals surface area (Å²) in [7, 11) is 0. The van der Waals surface area contributed by atoms with Crippen molar-refractivity contribution < 1.29 is 10.2 Å². The van der Waals surface area contributed by atoms with Crippen molar-refractivity contribution >= 4 is 5.82 Å². The highest BCUT2D eigenvalue weighted by atomic mass is 16.3. The van der Waals surface area contributed by atoms with E-state index >= 15 is 0 Å². The first kappa shape index (κ1) is 15.2. The summed E-state index contributed by atoms with van der Waals surface area (Å²) < 4.78 is 0. The number of aromatic nitrogens is 1. The molecule has 112 valence electrons. The number of hydrogen-bond donors (Lipinski definition) is 2. The molecule has 0 bridgehead atoms. The van der Waals surface area contributed by atoms with Crippen LogP contribution in [0.25, 0.3) is 0 Å². The van der Waals surface area contributed by atoms with E-state index in [4.69, 9.17) is 0 Å². The van der Waals surface area contributed by atoms with Gasteiger partial charge in [0.15, 0.2) is 0 Å². The summed E-state index contributed by atoms with van der Waals surface area (Å²) in [6.45, 7) is 9.67. The normalized spacial score (nSPS) is 19.1. The van der Waals surface area contributed by atoms with Crippen LogP contribution in [-0.4, -0.2) is 58.4 Å². The largest absolute Gasteiger partial charge is 0.389 e. The molecule has 0 radical (unpaired) electrons. The monoisotopic (exact) mass is 279 g/mol. The van der Waals surface area contributed by atoms with Crippen molar-refractivity contribution in [1.82, 2.24) is 9.88 Å². The van der Waals surface area contributed by atoms with Gasteiger partial charge in [-0.3, -0.25) is 4.90 Å². The fraction of sp³-hybridized carbons (Fsp3) is 0.667. The van der Waals surface area contributed by atoms with Crippen LogP contribution in [0, 0.1) is 0 Å². The highest BCUT2D eigenvalue weighted by Crippen LogP contribution is 2.24. The minimum absolute atomic E-state index is 0.506. The van der Waals surface area contributed by atoms with Gasteiger partial charge in [-0.05, 0) is 26.8 Å². The lowest BCUT2D eigenvalue weighted by Crippen LogP contribution is -2.50. The van der Waals surface area contributed by atoms with Crippen molar-refractivity contribution in [3.63, 3.8) is 0 Å². The number of aliphatic hydroxyl groups excluding tert-OH is 1. The molecule has 2 heterocycles. The van der Waals surface area contributed by atoms with E-state index in [-0.39, 0.29) is 0 Å². The zero-order valence-electron chi connectivity index (χ0n) is 12.6. The van der Waals surface area contributed by atoms with Gasteiger partial charge in [0.2, 0.25) is 0 Å². The Bertz CT molecular complexity index is 435. The molecule has 1 fully saturated rings. The standard InChI is InChI=1S/C15H25N3O2/c1-12(19)13-5-4-6-16-14(13)18-9-7-17(8-10-18)11-15(2,3)20/h4-6,12,19-20H,7-11H2,1-3H3. The molecule has 1 saturated heterocycles. The van der Waals surface area contributed by atoms with Crippen molar-refractivity contribution in [1.29, 1.82) is 0 Å². The van der Waals surface area contributed by atoms with Crippen molar-refractivity contribution in [3.05, 3.63) is 23.9 Å². The Labute approximate surface area is 120 Å². The van der Waals surface area contributed by atoms with Gasteiger partial charge in [-0.1, -0.05) is 6.07 Å². The first-order valence-electron chi connectivity index (χ1n) is 7.19. The topological polar surface area (TPSA) is 59.8 Å². The summed E-state index contributed by atoms with van der Waals surface area (Å²) in [5, 5.41) is 19.7. The third-order valence-corrected chi connectivity index (χ3v) is 3.55. The van der Waals surface area contributed by atoms with Crippen LogP contribution in [0.1, 0.15) is 32.4 Å². The zero-order chi connectivity index (χ0) is 14.8. The molecular formula is C15H25N3O2. The van der Waals surface area contributed by atoms with Crippen LogP contribution in [0.5, 0.6) is 0 Å². The van der Waals surface area contributed by atoms with Crippen LogP contribution in [0.3, 0.4) is 0 Å². The maximum Gasteiger partial charge on any atom is 0.134 e. The number of rotatable bonds is 4. The Hall–Kier alpha value is -1.17. The quantitative estimate of drug-likeness (QED) is 0.862. The summed E-state index contributed by atoms with van der Waals surface area (Å²) in [5.74, 6) is 0.880. The lowest BCUT2D eigenvalue weighted by Gasteiger charge is -2.38. The highest BCUT2D eigenvalue weighted by molar-refractivity contribution is 5.48. The second-order valence-electron chi connectivity index (χ2n) is 6.17. The molecule has 0 aliphatic carbocycles. The molecule has 0 aromatic carbocycles. The molecular weight excluding hydrogens is 254 g/mol. The van der Waals surface area contributed by atoms with E-state index in [1.807, 2.05) is 26.0 Å². The molecule has 2 N–H and O–H groups in total. The van der Waals surface area contributed by atoms with Gasteiger partial charge in [0.1, 0.15) is 5.82 Å². The van der Waals surface area contributed by atoms with Crippen LogP contribution in [0.2, 0.25) is 0 Å². The average Bonchev–Trinajstić information content (AvgIpc) is 2.38. The van der Waals surface area contributed by atoms with E-state index in [0.29, 0.717) is 6.54 Å². The zero-order valence-corrected chi connectivity index (χ0v) is 12.6. The van der Waals surface area contributed by atoms with Crippen molar-refractivity contribution in [2.45, 2.75) is 32.5 Å². The lowest BCUT2D eigenvalue weighted by atomic mass is 10.1. The fourth-order valence-electron chi connectivity index (χ4n) is 2.66. The van der Waals surface area contributed by atoms with Gasteiger partial charge in [-0.15, -0.1) is 0 Å². The molecule has 1 unspecified atom stereocenters. The summed E-state index contributed by atoms with van der Waals surface area (Å²) in [4.78, 5) is 8.90. The number of hydrogen-bond acceptors (Lipinski definition) is 5. The van der Waals surface area contributed by atoms with Gasteiger partial charge in [0.25, 0.3) is 0 Å². The number of β-amino-alcohol motifs (C(OH)–C–C–N with tert-alkyl or cyclic N) is 1. The van der Waals surface area contributed by atoms with Crippen molar-refractivity contribution in [3.8, 4) is 0 Å². The van der Waals surface area contributed by atoms with Crippen LogP contribution in [-0.2, 0) is 0 Å². The van der Waals surface area contributed by atoms with Gasteiger partial charge in [0.05, 0.1) is 11.7 Å². The maximum atomic E-state index is 9.87. The van der Waals surface area contributed by atoms with E-state index in [0.717, 1.165) is 37.6 Å². The first-order chi connectivity index (χ1) is 9.37. The van der Waals surface area contributed by atoms with Gasteiger partial charge in [0, 0.05) is 44.5 Å². The van der Waals surface area contributed by atoms with E-state index in [2.05, 4.69) is 14.8 Å². The lowest BCUT2D eigenvalue weighted by molar-refractivity contribution is 0.0344. The predicted molar refractivity (Wildman–Crippen MR) is 79.8 cm³/mol. The molecule has 20 heavy (non-hydrogen) atoms. The van der Waals surface area contributed by atoms with E-state index in [9.17, 15) is 10.2 Å². The Morgan fingerprint density at radius 1 is 1.30 bits per heavy atom. The van der Waals surface area contributed by atoms with E-state index in [1.165, 1.54) is 0 Å². The molecule has 2 rings (SSSR count). The Morgan fingerprint density at radius 3 is 2.50 bits per heavy atom. The minimum Gasteiger partial charge on any atom is -0.389 e. The highest BCUT2D eigenvalue weighted by Gasteiger charge is 2.24. The minimum atomic E-state index is -0.655. The summed E-state index contributed by atoms with van der Waals surface area (Å²) in [6, 6.07) is 3.78. The number of nitrogens with zero attached hydrogens (tertiary/aromatic N) is 3. The SMILES string of the molecule is CC(O)c1cccnc1N1CCN(CC(C)(C)O)CC1. The maximum absolute atomic E-state index is 9.87. The number of anilines is 1. The third-order valence-electron chi connectivity index (χ3n) is 3.55. The average molecular weight is 279 g/mol. The smallest absolute Gasteiger partial charge is 0.134 e. The molecule has 5 nitrogen and oxygen atoms in total. The third kappa shape index (κ3) is 3.91. The van der Waals surface area contributed by atoms with Crippen LogP contribution in [0.4, 0.5) is 5.82 Å². The molecule has 0 saturated carbocycles. The second-order valence-corrected chi connectivity index (χ2v) is 6.17. The molecule has 1 aromatic heterocycles. The van der Waals surface area contributed by atoms with Gasteiger partial charge in [-0.2, -0.15) is 0 Å². The fourth-order valence-corrected chi connectivity index (χ4v) is 2.66. The molecule has 1 aliphatic heterocycles. The number of piperazine rings is 1. The van der Waals surface area contributed by atoms with Crippen molar-refractivity contribution in [2.75, 3.05) is 37.6 Å². The first-order valence-corrected chi connectivity index (χ1v) is 7.19. The number of aliphatic hydroxyl groups is 2. The van der Waals surface area contributed by atoms with E-state index < -0.39 is 11.7 Å². The molecule has 0 spiro atoms. The molecule has 0 amide bonds. The number of pyridine rings is 1. The Morgan fingerprint density at radius 2 is 1.95 bits per heavy atom. The van der Waals surface area contributed by atoms with Crippen LogP contribution < -0.4 is 4.90 Å². The Kier molecular flexibility index (Phi) is 4.62. The predicted octanol–water partition coefficient (Wildman–Crippen LogP) is 1.03. The Balaban J connectivity index is 2.01. The van der Waals surface area contributed by atoms with Gasteiger partial charge < -0.3 is 15.1 Å². The molecule has 5 heteroatoms. The summed E-state index contributed by atoms with van der Waals surface area (Å²) in [5.41, 5.74) is 0.223. The molecule has 1 aliphatic rings. The second kappa shape index (κ2) is 6.08. The summed E-state index contributed by atoms with van der Waals surface area (Å²) >= 11 is 0. The molecule has 1 aromatic rings. The molecule has 1 atom stereocenters. The van der Waals surface area contributed by atoms with Gasteiger partial charge >= 0.3 is 0 Å². The van der Waals surface area contributed by atoms with Crippen molar-refractivity contribution in [2.24, 2.45) is 0 Å². The summed E-state index contributed by atoms with van der Waals surface area (Å²) in [6.07, 6.45) is 1.26. The van der Waals surface area contributed by atoms with Gasteiger partial charge in [-0.25, -0.2) is 4.98 Å².